The van der Waals surface area contributed by atoms with Gasteiger partial charge in [-0.2, -0.15) is 0 Å². The molecular formula is C26H38N2O3. The van der Waals surface area contributed by atoms with E-state index >= 15 is 0 Å². The summed E-state index contributed by atoms with van der Waals surface area (Å²) in [6.07, 6.45) is 9.79. The zero-order valence-corrected chi connectivity index (χ0v) is 19.0. The van der Waals surface area contributed by atoms with Gasteiger partial charge in [0.1, 0.15) is 0 Å². The van der Waals surface area contributed by atoms with E-state index in [2.05, 4.69) is 30.7 Å². The van der Waals surface area contributed by atoms with Crippen LogP contribution in [0.5, 0.6) is 0 Å². The number of carbonyl (C=O) groups excluding carboxylic acids is 1. The molecule has 3 fully saturated rings. The summed E-state index contributed by atoms with van der Waals surface area (Å²) in [5, 5.41) is 23.7. The van der Waals surface area contributed by atoms with Crippen LogP contribution >= 0.6 is 0 Å². The van der Waals surface area contributed by atoms with E-state index in [-0.39, 0.29) is 35.4 Å². The normalized spacial score (nSPS) is 40.4. The molecular weight excluding hydrogens is 388 g/mol. The first kappa shape index (κ1) is 22.5. The van der Waals surface area contributed by atoms with Crippen molar-refractivity contribution in [3.63, 3.8) is 0 Å². The monoisotopic (exact) mass is 426 g/mol. The minimum atomic E-state index is -0.311. The number of aliphatic hydroxyl groups is 2. The van der Waals surface area contributed by atoms with E-state index in [9.17, 15) is 15.0 Å². The van der Waals surface area contributed by atoms with Crippen LogP contribution in [0.25, 0.3) is 0 Å². The van der Waals surface area contributed by atoms with Crippen molar-refractivity contribution in [2.24, 2.45) is 34.5 Å². The van der Waals surface area contributed by atoms with Gasteiger partial charge in [-0.3, -0.25) is 9.78 Å². The Morgan fingerprint density at radius 1 is 1.26 bits per heavy atom. The number of hydrogen-bond donors (Lipinski definition) is 3. The van der Waals surface area contributed by atoms with Crippen molar-refractivity contribution in [3.8, 4) is 0 Å². The zero-order valence-electron chi connectivity index (χ0n) is 19.0. The molecule has 7 atom stereocenters. The van der Waals surface area contributed by atoms with E-state index < -0.39 is 0 Å². The maximum atomic E-state index is 12.8. The van der Waals surface area contributed by atoms with Gasteiger partial charge in [0.15, 0.2) is 0 Å². The van der Waals surface area contributed by atoms with Gasteiger partial charge in [-0.25, -0.2) is 0 Å². The van der Waals surface area contributed by atoms with Crippen molar-refractivity contribution < 1.29 is 15.0 Å². The van der Waals surface area contributed by atoms with Crippen molar-refractivity contribution in [1.82, 2.24) is 10.3 Å². The number of amides is 1. The number of nitrogens with zero attached hydrogens (tertiary/aromatic N) is 1. The number of rotatable bonds is 5. The summed E-state index contributed by atoms with van der Waals surface area (Å²) in [6.45, 7) is 9.87. The number of allylic oxidation sites excluding steroid dienone is 1. The van der Waals surface area contributed by atoms with Crippen molar-refractivity contribution in [1.29, 1.82) is 0 Å². The Balaban J connectivity index is 1.60. The smallest absolute Gasteiger partial charge is 0.252 e. The van der Waals surface area contributed by atoms with Gasteiger partial charge in [0, 0.05) is 25.5 Å². The second-order valence-electron chi connectivity index (χ2n) is 10.7. The number of aromatic nitrogens is 1. The largest absolute Gasteiger partial charge is 0.396 e. The van der Waals surface area contributed by atoms with E-state index in [0.717, 1.165) is 38.5 Å². The maximum absolute atomic E-state index is 12.8. The molecule has 7 unspecified atom stereocenters. The fraction of sp³-hybridized carbons (Fsp3) is 0.692. The molecule has 5 nitrogen and oxygen atoms in total. The third-order valence-electron chi connectivity index (χ3n) is 9.39. The van der Waals surface area contributed by atoms with Gasteiger partial charge < -0.3 is 15.5 Å². The van der Waals surface area contributed by atoms with Crippen molar-refractivity contribution in [3.05, 3.63) is 42.2 Å². The first-order valence-corrected chi connectivity index (χ1v) is 11.9. The Hall–Kier alpha value is -1.72. The van der Waals surface area contributed by atoms with Crippen molar-refractivity contribution in [2.45, 2.75) is 64.9 Å². The van der Waals surface area contributed by atoms with Crippen LogP contribution in [0.2, 0.25) is 0 Å². The molecule has 31 heavy (non-hydrogen) atoms. The molecule has 1 aromatic heterocycles. The molecule has 3 saturated carbocycles. The highest BCUT2D eigenvalue weighted by atomic mass is 16.3. The molecule has 0 aliphatic heterocycles. The Labute approximate surface area is 186 Å². The van der Waals surface area contributed by atoms with Gasteiger partial charge in [0.2, 0.25) is 0 Å². The quantitative estimate of drug-likeness (QED) is 0.622. The van der Waals surface area contributed by atoms with E-state index in [4.69, 9.17) is 0 Å². The first-order chi connectivity index (χ1) is 14.8. The lowest BCUT2D eigenvalue weighted by atomic mass is 9.49. The molecule has 3 aliphatic rings. The number of nitrogens with one attached hydrogen (secondary N) is 1. The summed E-state index contributed by atoms with van der Waals surface area (Å²) in [5.74, 6) is 1.28. The molecule has 1 heterocycles. The number of hydrogen-bond acceptors (Lipinski definition) is 4. The van der Waals surface area contributed by atoms with E-state index in [1.54, 1.807) is 24.5 Å². The maximum Gasteiger partial charge on any atom is 0.252 e. The molecule has 0 bridgehead atoms. The molecule has 3 N–H and O–H groups in total. The number of pyridine rings is 1. The minimum Gasteiger partial charge on any atom is -0.396 e. The molecule has 0 radical (unpaired) electrons. The molecule has 0 spiro atoms. The molecule has 170 valence electrons. The van der Waals surface area contributed by atoms with Crippen molar-refractivity contribution >= 4 is 5.91 Å². The van der Waals surface area contributed by atoms with Crippen LogP contribution in [-0.2, 0) is 0 Å². The lowest BCUT2D eigenvalue weighted by Gasteiger charge is -2.56. The summed E-state index contributed by atoms with van der Waals surface area (Å²) < 4.78 is 0. The highest BCUT2D eigenvalue weighted by Crippen LogP contribution is 2.63. The number of fused-ring (bicyclic) bond motifs is 1. The van der Waals surface area contributed by atoms with Crippen LogP contribution in [0.15, 0.2) is 36.7 Å². The van der Waals surface area contributed by atoms with Gasteiger partial charge in [-0.15, -0.1) is 0 Å². The number of aliphatic hydroxyl groups excluding tert-OH is 2. The molecule has 4 rings (SSSR count). The van der Waals surface area contributed by atoms with E-state index in [1.165, 1.54) is 5.57 Å². The Morgan fingerprint density at radius 3 is 2.77 bits per heavy atom. The fourth-order valence-corrected chi connectivity index (χ4v) is 7.28. The van der Waals surface area contributed by atoms with Crippen LogP contribution in [0.1, 0.15) is 69.2 Å². The van der Waals surface area contributed by atoms with Gasteiger partial charge in [-0.1, -0.05) is 26.0 Å². The lowest BCUT2D eigenvalue weighted by Crippen LogP contribution is -2.53. The average Bonchev–Trinajstić information content (AvgIpc) is 3.08. The van der Waals surface area contributed by atoms with Gasteiger partial charge in [-0.05, 0) is 91.6 Å². The SMILES string of the molecule is C=C1CCC2C(CNC(=O)c3cccnc3)C(C3(C)CCC(O)CC3CO)CCC12C. The number of carbonyl (C=O) groups is 1. The van der Waals surface area contributed by atoms with Gasteiger partial charge >= 0.3 is 0 Å². The molecule has 1 aromatic rings. The van der Waals surface area contributed by atoms with Crippen LogP contribution in [-0.4, -0.2) is 40.4 Å². The average molecular weight is 427 g/mol. The fourth-order valence-electron chi connectivity index (χ4n) is 7.28. The Kier molecular flexibility index (Phi) is 6.28. The summed E-state index contributed by atoms with van der Waals surface area (Å²) in [5.41, 5.74) is 2.07. The molecule has 0 aromatic carbocycles. The predicted molar refractivity (Wildman–Crippen MR) is 121 cm³/mol. The summed E-state index contributed by atoms with van der Waals surface area (Å²) in [4.78, 5) is 16.9. The second-order valence-corrected chi connectivity index (χ2v) is 10.7. The molecule has 0 saturated heterocycles. The first-order valence-electron chi connectivity index (χ1n) is 11.9. The summed E-state index contributed by atoms with van der Waals surface area (Å²) in [6, 6.07) is 3.59. The topological polar surface area (TPSA) is 82.5 Å². The van der Waals surface area contributed by atoms with Crippen LogP contribution in [0.4, 0.5) is 0 Å². The van der Waals surface area contributed by atoms with Crippen LogP contribution < -0.4 is 5.32 Å². The highest BCUT2D eigenvalue weighted by Gasteiger charge is 2.56. The molecule has 3 aliphatic carbocycles. The predicted octanol–water partition coefficient (Wildman–Crippen LogP) is 3.97. The minimum absolute atomic E-state index is 0.0249. The molecule has 5 heteroatoms. The Morgan fingerprint density at radius 2 is 2.06 bits per heavy atom. The zero-order chi connectivity index (χ0) is 22.2. The second kappa shape index (κ2) is 8.67. The van der Waals surface area contributed by atoms with Crippen LogP contribution in [0.3, 0.4) is 0 Å². The van der Waals surface area contributed by atoms with Gasteiger partial charge in [0.25, 0.3) is 5.91 Å². The van der Waals surface area contributed by atoms with Crippen molar-refractivity contribution in [2.75, 3.05) is 13.2 Å². The van der Waals surface area contributed by atoms with E-state index in [1.807, 2.05) is 0 Å². The molecule has 1 amide bonds. The van der Waals surface area contributed by atoms with Crippen LogP contribution in [0, 0.1) is 34.5 Å². The third kappa shape index (κ3) is 3.95. The standard InChI is InChI=1S/C26H38N2O3/c1-17-6-7-22-21(15-28-24(31)18-5-4-12-27-14-18)23(9-11-25(17,22)2)26(3)10-8-20(30)13-19(26)16-29/h4-5,12,14,19-23,29-30H,1,6-11,13,15-16H2,2-3H3,(H,28,31). The lowest BCUT2D eigenvalue weighted by molar-refractivity contribution is -0.0928. The highest BCUT2D eigenvalue weighted by molar-refractivity contribution is 5.93. The third-order valence-corrected chi connectivity index (χ3v) is 9.39. The van der Waals surface area contributed by atoms with E-state index in [0.29, 0.717) is 36.3 Å². The Bertz CT molecular complexity index is 812. The summed E-state index contributed by atoms with van der Waals surface area (Å²) in [7, 11) is 0. The van der Waals surface area contributed by atoms with Gasteiger partial charge in [0.05, 0.1) is 11.7 Å². The summed E-state index contributed by atoms with van der Waals surface area (Å²) >= 11 is 0.